The molecule has 20 nitrogen and oxygen atoms in total. The zero-order chi connectivity index (χ0) is 54.0. The Labute approximate surface area is 438 Å². The Kier molecular flexibility index (Phi) is 18.1. The van der Waals surface area contributed by atoms with Crippen LogP contribution < -0.4 is 0 Å². The van der Waals surface area contributed by atoms with Crippen molar-refractivity contribution in [3.63, 3.8) is 0 Å². The minimum absolute atomic E-state index is 0.00610. The molecule has 0 aliphatic carbocycles. The first kappa shape index (κ1) is 58.9. The van der Waals surface area contributed by atoms with Crippen LogP contribution in [0.2, 0.25) is 0 Å². The molecule has 8 aliphatic heterocycles. The van der Waals surface area contributed by atoms with E-state index in [4.69, 9.17) is 71.1 Å². The molecular weight excluding hydrogens is 969 g/mol. The van der Waals surface area contributed by atoms with Crippen LogP contribution >= 0.6 is 0 Å². The van der Waals surface area contributed by atoms with Crippen LogP contribution in [0.3, 0.4) is 0 Å². The summed E-state index contributed by atoms with van der Waals surface area (Å²) < 4.78 is 98.1. The van der Waals surface area contributed by atoms with E-state index in [1.54, 1.807) is 42.1 Å². The molecule has 8 aliphatic rings. The summed E-state index contributed by atoms with van der Waals surface area (Å²) in [6, 6.07) is 0. The summed E-state index contributed by atoms with van der Waals surface area (Å²) >= 11 is 0. The van der Waals surface area contributed by atoms with Crippen LogP contribution in [0.25, 0.3) is 0 Å². The number of rotatable bonds is 16. The fraction of sp³-hybridized carbons (Fsp3) is 0.981. The fourth-order valence-corrected chi connectivity index (χ4v) is 14.6. The van der Waals surface area contributed by atoms with Crippen molar-refractivity contribution in [1.82, 2.24) is 0 Å². The van der Waals surface area contributed by atoms with E-state index in [1.165, 1.54) is 14.2 Å². The van der Waals surface area contributed by atoms with Crippen LogP contribution in [0.4, 0.5) is 0 Å². The monoisotopic (exact) mass is 1060 g/mol. The van der Waals surface area contributed by atoms with Crippen LogP contribution in [0.1, 0.15) is 133 Å². The average Bonchev–Trinajstić information content (AvgIpc) is 4.11. The van der Waals surface area contributed by atoms with Crippen LogP contribution in [0.5, 0.6) is 0 Å². The molecule has 0 amide bonds. The summed E-state index contributed by atoms with van der Waals surface area (Å²) in [5, 5.41) is 44.4. The number of carboxylic acid groups (broad SMARTS) is 1. The first-order valence-corrected chi connectivity index (χ1v) is 27.5. The molecule has 8 fully saturated rings. The molecule has 0 aromatic carbocycles. The number of carbonyl (C=O) groups is 1. The van der Waals surface area contributed by atoms with Crippen molar-refractivity contribution in [2.45, 2.75) is 272 Å². The van der Waals surface area contributed by atoms with Crippen LogP contribution in [-0.4, -0.2) is 201 Å². The van der Waals surface area contributed by atoms with E-state index in [0.29, 0.717) is 38.5 Å². The Bertz CT molecular complexity index is 1880. The number of ether oxygens (including phenoxy) is 15. The Morgan fingerprint density at radius 3 is 1.77 bits per heavy atom. The molecule has 20 heteroatoms. The van der Waals surface area contributed by atoms with Gasteiger partial charge in [0, 0.05) is 90.8 Å². The highest BCUT2D eigenvalue weighted by Gasteiger charge is 2.70. The number of hydrogen-bond acceptors (Lipinski definition) is 19. The number of aliphatic hydroxyl groups is 3. The van der Waals surface area contributed by atoms with Crippen LogP contribution in [0, 0.1) is 29.6 Å². The van der Waals surface area contributed by atoms with Gasteiger partial charge in [0.15, 0.2) is 24.2 Å². The maximum Gasteiger partial charge on any atom is 0.338 e. The van der Waals surface area contributed by atoms with E-state index >= 15 is 0 Å². The Balaban J connectivity index is 1.03. The largest absolute Gasteiger partial charge is 0.479 e. The summed E-state index contributed by atoms with van der Waals surface area (Å²) in [6.07, 6.45) is -3.33. The molecule has 74 heavy (non-hydrogen) atoms. The van der Waals surface area contributed by atoms with Crippen molar-refractivity contribution in [2.24, 2.45) is 29.6 Å². The second-order valence-corrected chi connectivity index (χ2v) is 23.7. The zero-order valence-electron chi connectivity index (χ0n) is 46.7. The number of methoxy groups -OCH3 is 5. The number of aliphatic carboxylic acids is 1. The number of aliphatic hydroxyl groups excluding tert-OH is 1. The highest BCUT2D eigenvalue weighted by atomic mass is 16.8. The highest BCUT2D eigenvalue weighted by molar-refractivity contribution is 5.73. The van der Waals surface area contributed by atoms with Gasteiger partial charge in [-0.25, -0.2) is 4.79 Å². The maximum absolute atomic E-state index is 12.2. The predicted octanol–water partition coefficient (Wildman–Crippen LogP) is 4.85. The van der Waals surface area contributed by atoms with Gasteiger partial charge in [-0.05, 0) is 73.1 Å². The SMILES string of the molecule is COC1CCC(OC2C(C)C(C3CCC(C4CCC(C5(C)OC6(OC(CC7OC(O)(C(O)C(=O)O)C(C)C(OC)C7(C)OC)CC(OC)C6C)C(C)C5OC5CCC(OC)C(C)O5)O4)O3)OC(C)(O)C2C)OC1C. The second kappa shape index (κ2) is 22.7. The molecule has 0 aromatic rings. The minimum Gasteiger partial charge on any atom is -0.479 e. The van der Waals surface area contributed by atoms with E-state index in [0.717, 1.165) is 19.3 Å². The van der Waals surface area contributed by atoms with Gasteiger partial charge >= 0.3 is 5.97 Å². The third-order valence-corrected chi connectivity index (χ3v) is 19.5. The molecule has 8 heterocycles. The van der Waals surface area contributed by atoms with E-state index in [9.17, 15) is 25.2 Å². The van der Waals surface area contributed by atoms with Crippen LogP contribution in [0.15, 0.2) is 0 Å². The van der Waals surface area contributed by atoms with Gasteiger partial charge in [-0.3, -0.25) is 0 Å². The van der Waals surface area contributed by atoms with Crippen molar-refractivity contribution in [2.75, 3.05) is 35.5 Å². The summed E-state index contributed by atoms with van der Waals surface area (Å²) in [6.45, 7) is 19.3. The quantitative estimate of drug-likeness (QED) is 0.162. The lowest BCUT2D eigenvalue weighted by atomic mass is 9.73. The Morgan fingerprint density at radius 2 is 1.20 bits per heavy atom. The third kappa shape index (κ3) is 10.5. The molecule has 0 radical (unpaired) electrons. The topological polar surface area (TPSA) is 236 Å². The first-order valence-electron chi connectivity index (χ1n) is 27.5. The van der Waals surface area contributed by atoms with Gasteiger partial charge in [0.25, 0.3) is 0 Å². The van der Waals surface area contributed by atoms with Gasteiger partial charge in [-0.1, -0.05) is 34.6 Å². The Morgan fingerprint density at radius 1 is 0.622 bits per heavy atom. The molecular formula is C54H92O20. The zero-order valence-corrected chi connectivity index (χ0v) is 46.7. The van der Waals surface area contributed by atoms with Gasteiger partial charge < -0.3 is 91.5 Å². The van der Waals surface area contributed by atoms with Crippen molar-refractivity contribution in [3.05, 3.63) is 0 Å². The molecule has 8 rings (SSSR count). The predicted molar refractivity (Wildman–Crippen MR) is 262 cm³/mol. The highest BCUT2D eigenvalue weighted by Crippen LogP contribution is 2.58. The lowest BCUT2D eigenvalue weighted by molar-refractivity contribution is -0.389. The number of hydrogen-bond donors (Lipinski definition) is 4. The van der Waals surface area contributed by atoms with Gasteiger partial charge in [0.05, 0.1) is 91.6 Å². The lowest BCUT2D eigenvalue weighted by Gasteiger charge is -2.56. The van der Waals surface area contributed by atoms with E-state index in [1.807, 2.05) is 27.7 Å². The molecule has 28 unspecified atom stereocenters. The van der Waals surface area contributed by atoms with E-state index < -0.39 is 108 Å². The smallest absolute Gasteiger partial charge is 0.338 e. The van der Waals surface area contributed by atoms with Crippen molar-refractivity contribution < 1.29 is 96.3 Å². The van der Waals surface area contributed by atoms with Crippen molar-refractivity contribution in [3.8, 4) is 0 Å². The molecule has 0 bridgehead atoms. The first-order chi connectivity index (χ1) is 34.9. The van der Waals surface area contributed by atoms with Crippen molar-refractivity contribution >= 4 is 5.97 Å². The molecule has 4 N–H and O–H groups in total. The summed E-state index contributed by atoms with van der Waals surface area (Å²) in [5.74, 6) is -9.21. The summed E-state index contributed by atoms with van der Waals surface area (Å²) in [5.41, 5.74) is -2.32. The molecule has 28 atom stereocenters. The lowest BCUT2D eigenvalue weighted by Crippen LogP contribution is -2.72. The molecule has 1 spiro atoms. The van der Waals surface area contributed by atoms with E-state index in [-0.39, 0.29) is 73.0 Å². The van der Waals surface area contributed by atoms with Crippen molar-refractivity contribution in [1.29, 1.82) is 0 Å². The fourth-order valence-electron chi connectivity index (χ4n) is 14.6. The average molecular weight is 1060 g/mol. The second-order valence-electron chi connectivity index (χ2n) is 23.7. The number of carboxylic acids is 1. The Hall–Kier alpha value is -1.25. The normalized spacial score (nSPS) is 53.6. The summed E-state index contributed by atoms with van der Waals surface area (Å²) in [7, 11) is 8.01. The maximum atomic E-state index is 12.2. The van der Waals surface area contributed by atoms with Crippen LogP contribution in [-0.2, 0) is 75.8 Å². The third-order valence-electron chi connectivity index (χ3n) is 19.5. The minimum atomic E-state index is -2.53. The molecule has 428 valence electrons. The van der Waals surface area contributed by atoms with Gasteiger partial charge in [0.1, 0.15) is 11.2 Å². The van der Waals surface area contributed by atoms with Gasteiger partial charge in [0.2, 0.25) is 11.9 Å². The molecule has 0 aromatic heterocycles. The van der Waals surface area contributed by atoms with Gasteiger partial charge in [-0.15, -0.1) is 0 Å². The van der Waals surface area contributed by atoms with E-state index in [2.05, 4.69) is 20.8 Å². The molecule has 0 saturated carbocycles. The standard InChI is InChI=1S/C54H92O20/c1-26-44(69-42-22-19-34(60-11)31(6)65-42)28(3)52(10,58)73-45(26)38-17-16-36(67-38)37-18-21-40(68-37)51(9)48(70-43-23-20-35(61-12)32(7)66-43)30(5)54(74-51)27(2)39(62-13)24-33(71-54)25-41-50(8,64-15)47(63-14)29(4)53(59,72-41)46(55)49(56)57/h26-48,55,58-59H,16-25H2,1-15H3,(H,56,57). The molecule has 8 saturated heterocycles. The summed E-state index contributed by atoms with van der Waals surface area (Å²) in [4.78, 5) is 12.2. The van der Waals surface area contributed by atoms with Gasteiger partial charge in [-0.2, -0.15) is 0 Å².